The molecule has 1 atom stereocenters. The van der Waals surface area contributed by atoms with E-state index in [1.165, 1.54) is 0 Å². The number of hydrogen-bond donors (Lipinski definition) is 0. The fourth-order valence-corrected chi connectivity index (χ4v) is 2.94. The van der Waals surface area contributed by atoms with Crippen LogP contribution in [0.25, 0.3) is 0 Å². The summed E-state index contributed by atoms with van der Waals surface area (Å²) < 4.78 is 0. The topological polar surface area (TPSA) is 59.9 Å². The van der Waals surface area contributed by atoms with Crippen LogP contribution in [-0.2, 0) is 11.2 Å². The number of carbonyl (C=O) groups is 2. The minimum absolute atomic E-state index is 0.0357. The van der Waals surface area contributed by atoms with Crippen molar-refractivity contribution in [1.82, 2.24) is 9.97 Å². The normalized spacial score (nSPS) is 21.6. The highest BCUT2D eigenvalue weighted by Crippen LogP contribution is 2.36. The Morgan fingerprint density at radius 1 is 1.33 bits per heavy atom. The van der Waals surface area contributed by atoms with Gasteiger partial charge in [-0.25, -0.2) is 9.97 Å². The van der Waals surface area contributed by atoms with Crippen molar-refractivity contribution in [2.24, 2.45) is 17.3 Å². The van der Waals surface area contributed by atoms with Gasteiger partial charge in [-0.3, -0.25) is 9.59 Å². The van der Waals surface area contributed by atoms with Gasteiger partial charge in [0.05, 0.1) is 5.92 Å². The van der Waals surface area contributed by atoms with Gasteiger partial charge in [-0.1, -0.05) is 34.1 Å². The summed E-state index contributed by atoms with van der Waals surface area (Å²) in [6.45, 7) is 8.09. The molecule has 1 aliphatic rings. The average molecular weight is 288 g/mol. The lowest BCUT2D eigenvalue weighted by molar-refractivity contribution is -0.132. The van der Waals surface area contributed by atoms with Crippen molar-refractivity contribution in [2.45, 2.75) is 53.4 Å². The van der Waals surface area contributed by atoms with Gasteiger partial charge in [0.25, 0.3) is 0 Å². The van der Waals surface area contributed by atoms with Crippen LogP contribution >= 0.6 is 0 Å². The Hall–Kier alpha value is -1.58. The highest BCUT2D eigenvalue weighted by atomic mass is 16.2. The lowest BCUT2D eigenvalue weighted by atomic mass is 9.69. The second kappa shape index (κ2) is 6.04. The Kier molecular flexibility index (Phi) is 4.55. The van der Waals surface area contributed by atoms with Gasteiger partial charge < -0.3 is 0 Å². The second-order valence-electron chi connectivity index (χ2n) is 7.07. The lowest BCUT2D eigenvalue weighted by Gasteiger charge is -2.32. The van der Waals surface area contributed by atoms with Crippen molar-refractivity contribution < 1.29 is 9.59 Å². The van der Waals surface area contributed by atoms with E-state index in [1.807, 2.05) is 13.8 Å². The molecule has 0 amide bonds. The number of carbonyl (C=O) groups excluding carboxylic acids is 2. The number of nitrogens with zero attached hydrogens (tertiary/aromatic N) is 2. The van der Waals surface area contributed by atoms with Gasteiger partial charge in [-0.15, -0.1) is 0 Å². The summed E-state index contributed by atoms with van der Waals surface area (Å²) in [5.74, 6) is -0.0448. The quantitative estimate of drug-likeness (QED) is 0.630. The molecule has 1 unspecified atom stereocenters. The number of hydrogen-bond acceptors (Lipinski definition) is 4. The molecule has 4 nitrogen and oxygen atoms in total. The highest BCUT2D eigenvalue weighted by Gasteiger charge is 2.41. The third-order valence-corrected chi connectivity index (χ3v) is 4.16. The molecule has 0 spiro atoms. The molecule has 1 fully saturated rings. The SMILES string of the molecule is CC(C)Cc1cnc(C(=O)C2CCCC(C)(C)C2=O)nc1. The van der Waals surface area contributed by atoms with Gasteiger partial charge in [0.1, 0.15) is 5.78 Å². The zero-order valence-electron chi connectivity index (χ0n) is 13.3. The van der Waals surface area contributed by atoms with Crippen LogP contribution < -0.4 is 0 Å². The molecule has 4 heteroatoms. The summed E-state index contributed by atoms with van der Waals surface area (Å²) in [5.41, 5.74) is 0.618. The fourth-order valence-electron chi connectivity index (χ4n) is 2.94. The molecule has 0 radical (unpaired) electrons. The molecular weight excluding hydrogens is 264 g/mol. The summed E-state index contributed by atoms with van der Waals surface area (Å²) in [6, 6.07) is 0. The molecule has 0 bridgehead atoms. The van der Waals surface area contributed by atoms with Crippen molar-refractivity contribution >= 4 is 11.6 Å². The van der Waals surface area contributed by atoms with Gasteiger partial charge in [0.2, 0.25) is 5.78 Å². The van der Waals surface area contributed by atoms with Crippen LogP contribution in [0.1, 0.15) is 63.1 Å². The van der Waals surface area contributed by atoms with Crippen LogP contribution in [0.3, 0.4) is 0 Å². The zero-order valence-corrected chi connectivity index (χ0v) is 13.3. The first kappa shape index (κ1) is 15.8. The van der Waals surface area contributed by atoms with Gasteiger partial charge in [0, 0.05) is 17.8 Å². The highest BCUT2D eigenvalue weighted by molar-refractivity contribution is 6.10. The molecule has 1 aromatic rings. The third kappa shape index (κ3) is 3.55. The van der Waals surface area contributed by atoms with Crippen molar-refractivity contribution in [3.05, 3.63) is 23.8 Å². The van der Waals surface area contributed by atoms with Crippen LogP contribution in [0.4, 0.5) is 0 Å². The zero-order chi connectivity index (χ0) is 15.6. The first-order valence-corrected chi connectivity index (χ1v) is 7.70. The Morgan fingerprint density at radius 3 is 2.52 bits per heavy atom. The fraction of sp³-hybridized carbons (Fsp3) is 0.647. The van der Waals surface area contributed by atoms with E-state index in [1.54, 1.807) is 12.4 Å². The van der Waals surface area contributed by atoms with E-state index < -0.39 is 11.3 Å². The molecule has 0 saturated heterocycles. The van der Waals surface area contributed by atoms with E-state index in [0.717, 1.165) is 24.8 Å². The summed E-state index contributed by atoms with van der Waals surface area (Å²) in [4.78, 5) is 33.2. The number of rotatable bonds is 4. The first-order chi connectivity index (χ1) is 9.81. The van der Waals surface area contributed by atoms with E-state index >= 15 is 0 Å². The molecule has 0 N–H and O–H groups in total. The summed E-state index contributed by atoms with van der Waals surface area (Å²) in [5, 5.41) is 0. The predicted molar refractivity (Wildman–Crippen MR) is 81.0 cm³/mol. The van der Waals surface area contributed by atoms with Crippen LogP contribution in [0, 0.1) is 17.3 Å². The maximum absolute atomic E-state index is 12.5. The van der Waals surface area contributed by atoms with Gasteiger partial charge >= 0.3 is 0 Å². The average Bonchev–Trinajstić information content (AvgIpc) is 2.41. The molecule has 0 aliphatic heterocycles. The largest absolute Gasteiger partial charge is 0.298 e. The maximum Gasteiger partial charge on any atom is 0.210 e. The molecule has 0 aromatic carbocycles. The van der Waals surface area contributed by atoms with Crippen LogP contribution in [0.15, 0.2) is 12.4 Å². The first-order valence-electron chi connectivity index (χ1n) is 7.70. The Balaban J connectivity index is 2.14. The molecule has 1 heterocycles. The van der Waals surface area contributed by atoms with Crippen molar-refractivity contribution in [1.29, 1.82) is 0 Å². The summed E-state index contributed by atoms with van der Waals surface area (Å²) >= 11 is 0. The van der Waals surface area contributed by atoms with Crippen molar-refractivity contribution in [2.75, 3.05) is 0 Å². The van der Waals surface area contributed by atoms with E-state index in [4.69, 9.17) is 0 Å². The molecule has 1 aliphatic carbocycles. The second-order valence-corrected chi connectivity index (χ2v) is 7.07. The predicted octanol–water partition coefficient (Wildman–Crippen LogP) is 3.25. The molecule has 2 rings (SSSR count). The van der Waals surface area contributed by atoms with Gasteiger partial charge in [-0.2, -0.15) is 0 Å². The summed E-state index contributed by atoms with van der Waals surface area (Å²) in [6.07, 6.45) is 6.68. The Bertz CT molecular complexity index is 532. The van der Waals surface area contributed by atoms with E-state index in [2.05, 4.69) is 23.8 Å². The molecule has 114 valence electrons. The van der Waals surface area contributed by atoms with Gasteiger partial charge in [-0.05, 0) is 30.7 Å². The van der Waals surface area contributed by atoms with E-state index in [-0.39, 0.29) is 17.4 Å². The molecular formula is C17H24N2O2. The van der Waals surface area contributed by atoms with E-state index in [9.17, 15) is 9.59 Å². The van der Waals surface area contributed by atoms with E-state index in [0.29, 0.717) is 12.3 Å². The maximum atomic E-state index is 12.5. The lowest BCUT2D eigenvalue weighted by Crippen LogP contribution is -2.39. The van der Waals surface area contributed by atoms with Crippen molar-refractivity contribution in [3.8, 4) is 0 Å². The van der Waals surface area contributed by atoms with Crippen LogP contribution in [0.5, 0.6) is 0 Å². The summed E-state index contributed by atoms with van der Waals surface area (Å²) in [7, 11) is 0. The van der Waals surface area contributed by atoms with Gasteiger partial charge in [0.15, 0.2) is 5.82 Å². The minimum atomic E-state index is -0.565. The third-order valence-electron chi connectivity index (χ3n) is 4.16. The molecule has 21 heavy (non-hydrogen) atoms. The van der Waals surface area contributed by atoms with Crippen LogP contribution in [0.2, 0.25) is 0 Å². The smallest absolute Gasteiger partial charge is 0.210 e. The minimum Gasteiger partial charge on any atom is -0.298 e. The standard InChI is InChI=1S/C17H24N2O2/c1-11(2)8-12-9-18-16(19-10-12)14(20)13-6-5-7-17(3,4)15(13)21/h9-11,13H,5-8H2,1-4H3. The number of Topliss-reactive ketones (excluding diaryl/α,β-unsaturated/α-hetero) is 2. The number of ketones is 2. The number of aromatic nitrogens is 2. The van der Waals surface area contributed by atoms with Crippen LogP contribution in [-0.4, -0.2) is 21.5 Å². The molecule has 1 aromatic heterocycles. The monoisotopic (exact) mass is 288 g/mol. The molecule has 1 saturated carbocycles. The Morgan fingerprint density at radius 2 is 1.95 bits per heavy atom. The Labute approximate surface area is 126 Å². The van der Waals surface area contributed by atoms with Crippen molar-refractivity contribution in [3.63, 3.8) is 0 Å².